The number of para-hydroxylation sites is 1. The topological polar surface area (TPSA) is 82.3 Å². The largest absolute Gasteiger partial charge is 0.323 e. The van der Waals surface area contributed by atoms with Gasteiger partial charge in [-0.2, -0.15) is 0 Å². The Kier molecular flexibility index (Phi) is 5.00. The Labute approximate surface area is 126 Å². The van der Waals surface area contributed by atoms with E-state index in [1.54, 1.807) is 48.5 Å². The summed E-state index contributed by atoms with van der Waals surface area (Å²) in [4.78, 5) is 22.0. The number of anilines is 3. The molecule has 0 heterocycles. The Morgan fingerprint density at radius 3 is 2.29 bits per heavy atom. The quantitative estimate of drug-likeness (QED) is 0.506. The van der Waals surface area contributed by atoms with Crippen molar-refractivity contribution in [2.24, 2.45) is 0 Å². The molecule has 0 radical (unpaired) electrons. The summed E-state index contributed by atoms with van der Waals surface area (Å²) < 4.78 is 0. The van der Waals surface area contributed by atoms with Gasteiger partial charge in [0.2, 0.25) is 6.41 Å². The summed E-state index contributed by atoms with van der Waals surface area (Å²) in [5.41, 5.74) is 6.81. The maximum Gasteiger partial charge on any atom is 0.323 e. The van der Waals surface area contributed by atoms with E-state index in [9.17, 15) is 9.59 Å². The predicted octanol–water partition coefficient (Wildman–Crippen LogP) is 3.06. The summed E-state index contributed by atoms with van der Waals surface area (Å²) in [6.45, 7) is 0. The zero-order valence-electron chi connectivity index (χ0n) is 10.9. The third-order valence-corrected chi connectivity index (χ3v) is 2.87. The van der Waals surface area contributed by atoms with E-state index < -0.39 is 6.03 Å². The summed E-state index contributed by atoms with van der Waals surface area (Å²) in [5, 5.41) is 5.79. The first-order chi connectivity index (χ1) is 10.2. The molecule has 0 aromatic heterocycles. The number of benzene rings is 2. The molecule has 0 fully saturated rings. The van der Waals surface area contributed by atoms with Crippen molar-refractivity contribution < 1.29 is 9.59 Å². The Hall–Kier alpha value is -2.73. The number of halogens is 1. The third kappa shape index (κ3) is 4.39. The van der Waals surface area contributed by atoms with Gasteiger partial charge in [0.05, 0.1) is 16.4 Å². The normalized spacial score (nSPS) is 9.57. The molecule has 0 saturated heterocycles. The van der Waals surface area contributed by atoms with Gasteiger partial charge in [-0.25, -0.2) is 4.79 Å². The van der Waals surface area contributed by atoms with Gasteiger partial charge in [-0.3, -0.25) is 15.6 Å². The van der Waals surface area contributed by atoms with Gasteiger partial charge < -0.3 is 10.6 Å². The van der Waals surface area contributed by atoms with Crippen molar-refractivity contribution in [2.45, 2.75) is 0 Å². The third-order valence-electron chi connectivity index (χ3n) is 2.54. The van der Waals surface area contributed by atoms with Crippen LogP contribution in [-0.2, 0) is 4.79 Å². The predicted molar refractivity (Wildman–Crippen MR) is 83.4 cm³/mol. The zero-order valence-corrected chi connectivity index (χ0v) is 11.6. The van der Waals surface area contributed by atoms with Gasteiger partial charge >= 0.3 is 6.03 Å². The lowest BCUT2D eigenvalue weighted by molar-refractivity contribution is -0.109. The maximum atomic E-state index is 11.8. The highest BCUT2D eigenvalue weighted by atomic mass is 35.5. The van der Waals surface area contributed by atoms with Crippen LogP contribution < -0.4 is 21.5 Å². The van der Waals surface area contributed by atoms with Gasteiger partial charge in [-0.1, -0.05) is 23.7 Å². The van der Waals surface area contributed by atoms with Crippen molar-refractivity contribution in [1.82, 2.24) is 5.43 Å². The van der Waals surface area contributed by atoms with Crippen LogP contribution in [0.5, 0.6) is 0 Å². The number of carbonyl (C=O) groups is 2. The van der Waals surface area contributed by atoms with E-state index >= 15 is 0 Å². The lowest BCUT2D eigenvalue weighted by Crippen LogP contribution is -2.20. The van der Waals surface area contributed by atoms with Gasteiger partial charge in [0.15, 0.2) is 0 Å². The maximum absolute atomic E-state index is 11.8. The second-order valence-electron chi connectivity index (χ2n) is 4.02. The number of hydrazine groups is 1. The highest BCUT2D eigenvalue weighted by Gasteiger charge is 2.05. The standard InChI is InChI=1S/C14H13ClN4O2/c15-12-3-1-2-4-13(12)18-14(21)17-10-5-7-11(8-6-10)19-16-9-20/h1-9,19H,(H,16,20)(H2,17,18,21). The minimum Gasteiger partial charge on any atom is -0.308 e. The number of hydrogen-bond donors (Lipinski definition) is 4. The molecule has 0 bridgehead atoms. The van der Waals surface area contributed by atoms with Gasteiger partial charge in [0.1, 0.15) is 0 Å². The van der Waals surface area contributed by atoms with Crippen molar-refractivity contribution in [3.8, 4) is 0 Å². The van der Waals surface area contributed by atoms with Crippen LogP contribution in [0.1, 0.15) is 0 Å². The number of nitrogens with one attached hydrogen (secondary N) is 4. The van der Waals surface area contributed by atoms with Crippen LogP contribution in [0.15, 0.2) is 48.5 Å². The molecule has 2 aromatic rings. The highest BCUT2D eigenvalue weighted by Crippen LogP contribution is 2.20. The Balaban J connectivity index is 1.93. The fraction of sp³-hybridized carbons (Fsp3) is 0. The smallest absolute Gasteiger partial charge is 0.308 e. The number of urea groups is 1. The summed E-state index contributed by atoms with van der Waals surface area (Å²) in [7, 11) is 0. The minimum atomic E-state index is -0.394. The van der Waals surface area contributed by atoms with E-state index in [4.69, 9.17) is 11.6 Å². The van der Waals surface area contributed by atoms with E-state index in [1.165, 1.54) is 0 Å². The fourth-order valence-electron chi connectivity index (χ4n) is 1.60. The zero-order chi connectivity index (χ0) is 15.1. The molecule has 3 amide bonds. The molecular formula is C14H13ClN4O2. The number of carbonyl (C=O) groups excluding carboxylic acids is 2. The van der Waals surface area contributed by atoms with Gasteiger partial charge in [0, 0.05) is 5.69 Å². The average molecular weight is 305 g/mol. The molecule has 0 spiro atoms. The van der Waals surface area contributed by atoms with Gasteiger partial charge in [0.25, 0.3) is 0 Å². The van der Waals surface area contributed by atoms with E-state index in [1.807, 2.05) is 0 Å². The van der Waals surface area contributed by atoms with Crippen molar-refractivity contribution in [3.05, 3.63) is 53.6 Å². The molecular weight excluding hydrogens is 292 g/mol. The van der Waals surface area contributed by atoms with Crippen LogP contribution in [0.4, 0.5) is 21.9 Å². The second kappa shape index (κ2) is 7.16. The SMILES string of the molecule is O=CNNc1ccc(NC(=O)Nc2ccccc2Cl)cc1. The van der Waals surface area contributed by atoms with Crippen LogP contribution >= 0.6 is 11.6 Å². The molecule has 4 N–H and O–H groups in total. The van der Waals surface area contributed by atoms with Crippen LogP contribution in [0.25, 0.3) is 0 Å². The molecule has 0 aliphatic heterocycles. The van der Waals surface area contributed by atoms with Crippen molar-refractivity contribution in [1.29, 1.82) is 0 Å². The lowest BCUT2D eigenvalue weighted by atomic mass is 10.3. The first-order valence-electron chi connectivity index (χ1n) is 6.07. The number of hydrogen-bond acceptors (Lipinski definition) is 3. The summed E-state index contributed by atoms with van der Waals surface area (Å²) in [6.07, 6.45) is 0.531. The molecule has 6 nitrogen and oxygen atoms in total. The summed E-state index contributed by atoms with van der Waals surface area (Å²) >= 11 is 5.95. The molecule has 21 heavy (non-hydrogen) atoms. The van der Waals surface area contributed by atoms with Crippen LogP contribution in [-0.4, -0.2) is 12.4 Å². The molecule has 2 rings (SSSR count). The van der Waals surface area contributed by atoms with Crippen LogP contribution in [0.3, 0.4) is 0 Å². The van der Waals surface area contributed by atoms with Crippen LogP contribution in [0, 0.1) is 0 Å². The first kappa shape index (κ1) is 14.7. The average Bonchev–Trinajstić information content (AvgIpc) is 2.49. The van der Waals surface area contributed by atoms with Crippen molar-refractivity contribution >= 4 is 41.1 Å². The van der Waals surface area contributed by atoms with E-state index in [2.05, 4.69) is 21.5 Å². The lowest BCUT2D eigenvalue weighted by Gasteiger charge is -2.09. The monoisotopic (exact) mass is 304 g/mol. The van der Waals surface area contributed by atoms with E-state index in [0.717, 1.165) is 0 Å². The van der Waals surface area contributed by atoms with Crippen molar-refractivity contribution in [2.75, 3.05) is 16.1 Å². The van der Waals surface area contributed by atoms with E-state index in [-0.39, 0.29) is 0 Å². The summed E-state index contributed by atoms with van der Waals surface area (Å²) in [6, 6.07) is 13.4. The van der Waals surface area contributed by atoms with Crippen LogP contribution in [0.2, 0.25) is 5.02 Å². The molecule has 108 valence electrons. The van der Waals surface area contributed by atoms with E-state index in [0.29, 0.717) is 28.5 Å². The molecule has 0 saturated carbocycles. The van der Waals surface area contributed by atoms with Gasteiger partial charge in [-0.15, -0.1) is 0 Å². The summed E-state index contributed by atoms with van der Waals surface area (Å²) in [5.74, 6) is 0. The molecule has 2 aromatic carbocycles. The fourth-order valence-corrected chi connectivity index (χ4v) is 1.78. The molecule has 0 aliphatic rings. The minimum absolute atomic E-state index is 0.394. The molecule has 0 unspecified atom stereocenters. The highest BCUT2D eigenvalue weighted by molar-refractivity contribution is 6.33. The Bertz CT molecular complexity index is 631. The van der Waals surface area contributed by atoms with Crippen molar-refractivity contribution in [3.63, 3.8) is 0 Å². The first-order valence-corrected chi connectivity index (χ1v) is 6.44. The second-order valence-corrected chi connectivity index (χ2v) is 4.43. The Morgan fingerprint density at radius 2 is 1.62 bits per heavy atom. The van der Waals surface area contributed by atoms with Gasteiger partial charge in [-0.05, 0) is 36.4 Å². The molecule has 0 atom stereocenters. The molecule has 7 heteroatoms. The molecule has 0 aliphatic carbocycles. The number of rotatable bonds is 5. The Morgan fingerprint density at radius 1 is 0.952 bits per heavy atom. The number of amides is 3.